The first-order valence-corrected chi connectivity index (χ1v) is 11.6. The van der Waals surface area contributed by atoms with E-state index >= 15 is 0 Å². The lowest BCUT2D eigenvalue weighted by molar-refractivity contribution is -0.143. The summed E-state index contributed by atoms with van der Waals surface area (Å²) in [5, 5.41) is 25.7. The monoisotopic (exact) mass is 522 g/mol. The van der Waals surface area contributed by atoms with Gasteiger partial charge in [-0.1, -0.05) is 30.3 Å². The van der Waals surface area contributed by atoms with Crippen LogP contribution in [-0.4, -0.2) is 76.5 Å². The van der Waals surface area contributed by atoms with Gasteiger partial charge in [0.15, 0.2) is 0 Å². The molecule has 0 aromatic heterocycles. The summed E-state index contributed by atoms with van der Waals surface area (Å²) in [6, 6.07) is 3.00. The molecule has 4 atom stereocenters. The van der Waals surface area contributed by atoms with Gasteiger partial charge in [-0.2, -0.15) is 0 Å². The molecule has 0 saturated heterocycles. The third kappa shape index (κ3) is 12.0. The number of carbonyl (C=O) groups excluding carboxylic acids is 4. The van der Waals surface area contributed by atoms with Gasteiger partial charge in [0, 0.05) is 6.42 Å². The van der Waals surface area contributed by atoms with E-state index in [2.05, 4.69) is 16.0 Å². The number of rotatable bonds is 17. The summed E-state index contributed by atoms with van der Waals surface area (Å²) in [6.07, 6.45) is -0.421. The van der Waals surface area contributed by atoms with Crippen LogP contribution >= 0.6 is 0 Å². The molecular weight excluding hydrogens is 488 g/mol. The maximum Gasteiger partial charge on any atom is 0.326 e. The van der Waals surface area contributed by atoms with Gasteiger partial charge in [-0.05, 0) is 31.4 Å². The predicted molar refractivity (Wildman–Crippen MR) is 131 cm³/mol. The summed E-state index contributed by atoms with van der Waals surface area (Å²) in [5.74, 6) is -6.39. The van der Waals surface area contributed by atoms with Gasteiger partial charge in [-0.25, -0.2) is 4.79 Å². The molecule has 37 heavy (non-hydrogen) atoms. The first-order valence-electron chi connectivity index (χ1n) is 11.6. The van der Waals surface area contributed by atoms with Gasteiger partial charge in [0.05, 0.1) is 18.9 Å². The fourth-order valence-corrected chi connectivity index (χ4v) is 3.33. The minimum absolute atomic E-state index is 0.0131. The molecule has 0 spiro atoms. The van der Waals surface area contributed by atoms with Crippen LogP contribution in [0.25, 0.3) is 0 Å². The van der Waals surface area contributed by atoms with E-state index in [1.54, 1.807) is 30.3 Å². The van der Waals surface area contributed by atoms with Crippen molar-refractivity contribution in [1.29, 1.82) is 0 Å². The summed E-state index contributed by atoms with van der Waals surface area (Å²) in [7, 11) is 0. The molecule has 0 fully saturated rings. The zero-order valence-electron chi connectivity index (χ0n) is 20.2. The predicted octanol–water partition coefficient (Wildman–Crippen LogP) is -2.43. The number of aliphatic carboxylic acids is 2. The second-order valence-corrected chi connectivity index (χ2v) is 8.37. The Morgan fingerprint density at radius 1 is 0.784 bits per heavy atom. The van der Waals surface area contributed by atoms with Crippen LogP contribution in [0.3, 0.4) is 0 Å². The average molecular weight is 523 g/mol. The highest BCUT2D eigenvalue weighted by Crippen LogP contribution is 2.07. The molecule has 1 aromatic rings. The smallest absolute Gasteiger partial charge is 0.326 e. The summed E-state index contributed by atoms with van der Waals surface area (Å²) in [6.45, 7) is 0.309. The Bertz CT molecular complexity index is 958. The molecular formula is C23H34N6O8. The summed E-state index contributed by atoms with van der Waals surface area (Å²) >= 11 is 0. The van der Waals surface area contributed by atoms with Crippen molar-refractivity contribution in [3.8, 4) is 0 Å². The number of primary amides is 1. The zero-order valence-corrected chi connectivity index (χ0v) is 20.2. The number of carboxylic acid groups (broad SMARTS) is 2. The largest absolute Gasteiger partial charge is 0.481 e. The number of benzene rings is 1. The SMILES string of the molecule is NCCCCC(NC(=O)C(CC(=O)O)NC(=O)C(N)CC(N)=O)C(=O)NC(Cc1ccccc1)C(=O)O. The Morgan fingerprint density at radius 2 is 1.35 bits per heavy atom. The maximum absolute atomic E-state index is 13.0. The highest BCUT2D eigenvalue weighted by atomic mass is 16.4. The topological polar surface area (TPSA) is 257 Å². The van der Waals surface area contributed by atoms with Gasteiger partial charge >= 0.3 is 11.9 Å². The number of carbonyl (C=O) groups is 6. The molecule has 0 aliphatic rings. The number of amides is 4. The number of hydrogen-bond donors (Lipinski definition) is 8. The first-order chi connectivity index (χ1) is 17.4. The van der Waals surface area contributed by atoms with Crippen molar-refractivity contribution in [2.24, 2.45) is 17.2 Å². The van der Waals surface area contributed by atoms with E-state index in [1.807, 2.05) is 0 Å². The Morgan fingerprint density at radius 3 is 1.89 bits per heavy atom. The normalized spacial score (nSPS) is 13.9. The maximum atomic E-state index is 13.0. The fourth-order valence-electron chi connectivity index (χ4n) is 3.33. The van der Waals surface area contributed by atoms with Gasteiger partial charge in [-0.15, -0.1) is 0 Å². The van der Waals surface area contributed by atoms with Gasteiger partial charge in [0.2, 0.25) is 23.6 Å². The Balaban J connectivity index is 3.02. The van der Waals surface area contributed by atoms with Crippen molar-refractivity contribution in [2.45, 2.75) is 62.7 Å². The van der Waals surface area contributed by atoms with Crippen molar-refractivity contribution in [3.63, 3.8) is 0 Å². The Labute approximate surface area is 213 Å². The lowest BCUT2D eigenvalue weighted by Gasteiger charge is -2.24. The van der Waals surface area contributed by atoms with Gasteiger partial charge in [-0.3, -0.25) is 24.0 Å². The molecule has 0 radical (unpaired) electrons. The van der Waals surface area contributed by atoms with Crippen LogP contribution in [0.5, 0.6) is 0 Å². The van der Waals surface area contributed by atoms with Gasteiger partial charge < -0.3 is 43.4 Å². The molecule has 1 aromatic carbocycles. The Kier molecular flexibility index (Phi) is 13.3. The molecule has 14 nitrogen and oxygen atoms in total. The van der Waals surface area contributed by atoms with Crippen molar-refractivity contribution < 1.29 is 39.0 Å². The van der Waals surface area contributed by atoms with Crippen molar-refractivity contribution >= 4 is 35.6 Å². The zero-order chi connectivity index (χ0) is 28.0. The second kappa shape index (κ2) is 15.9. The average Bonchev–Trinajstić information content (AvgIpc) is 2.82. The van der Waals surface area contributed by atoms with E-state index in [0.717, 1.165) is 0 Å². The van der Waals surface area contributed by atoms with Crippen molar-refractivity contribution in [2.75, 3.05) is 6.54 Å². The summed E-state index contributed by atoms with van der Waals surface area (Å²) in [4.78, 5) is 72.1. The highest BCUT2D eigenvalue weighted by molar-refractivity contribution is 5.96. The van der Waals surface area contributed by atoms with E-state index in [-0.39, 0.29) is 12.8 Å². The molecule has 0 heterocycles. The minimum atomic E-state index is -1.63. The highest BCUT2D eigenvalue weighted by Gasteiger charge is 2.31. The van der Waals surface area contributed by atoms with Gasteiger partial charge in [0.1, 0.15) is 18.1 Å². The molecule has 0 aliphatic carbocycles. The Hall–Kier alpha value is -4.04. The lowest BCUT2D eigenvalue weighted by atomic mass is 10.0. The van der Waals surface area contributed by atoms with Crippen LogP contribution < -0.4 is 33.2 Å². The molecule has 0 bridgehead atoms. The van der Waals surface area contributed by atoms with Crippen LogP contribution in [0.2, 0.25) is 0 Å². The summed E-state index contributed by atoms with van der Waals surface area (Å²) < 4.78 is 0. The van der Waals surface area contributed by atoms with Crippen LogP contribution in [0.1, 0.15) is 37.7 Å². The number of hydrogen-bond acceptors (Lipinski definition) is 8. The van der Waals surface area contributed by atoms with Crippen LogP contribution in [0, 0.1) is 0 Å². The number of nitrogens with two attached hydrogens (primary N) is 3. The molecule has 204 valence electrons. The van der Waals surface area contributed by atoms with E-state index in [0.29, 0.717) is 24.9 Å². The first kappa shape index (κ1) is 31.0. The number of nitrogens with one attached hydrogen (secondary N) is 3. The number of unbranched alkanes of at least 4 members (excludes halogenated alkanes) is 1. The number of carboxylic acids is 2. The lowest BCUT2D eigenvalue weighted by Crippen LogP contribution is -2.57. The quantitative estimate of drug-likeness (QED) is 0.100. The molecule has 11 N–H and O–H groups in total. The van der Waals surface area contributed by atoms with E-state index in [1.165, 1.54) is 0 Å². The molecule has 1 rings (SSSR count). The molecule has 4 unspecified atom stereocenters. The van der Waals surface area contributed by atoms with E-state index in [4.69, 9.17) is 17.2 Å². The third-order valence-corrected chi connectivity index (χ3v) is 5.25. The molecule has 14 heteroatoms. The van der Waals surface area contributed by atoms with Crippen LogP contribution in [0.15, 0.2) is 30.3 Å². The standard InChI is InChI=1S/C23H34N6O8/c24-9-5-4-8-15(21(34)29-17(23(36)37)10-13-6-2-1-3-7-13)27-22(35)16(12-19(31)32)28-20(33)14(25)11-18(26)30/h1-3,6-7,14-17H,4-5,8-12,24-25H2,(H2,26,30)(H,27,35)(H,28,33)(H,29,34)(H,31,32)(H,36,37). The minimum Gasteiger partial charge on any atom is -0.481 e. The van der Waals surface area contributed by atoms with Crippen LogP contribution in [0.4, 0.5) is 0 Å². The van der Waals surface area contributed by atoms with E-state index in [9.17, 15) is 39.0 Å². The molecule has 0 saturated carbocycles. The van der Waals surface area contributed by atoms with Crippen molar-refractivity contribution in [3.05, 3.63) is 35.9 Å². The third-order valence-electron chi connectivity index (χ3n) is 5.25. The molecule has 4 amide bonds. The van der Waals surface area contributed by atoms with Gasteiger partial charge in [0.25, 0.3) is 0 Å². The summed E-state index contributed by atoms with van der Waals surface area (Å²) in [5.41, 5.74) is 16.7. The fraction of sp³-hybridized carbons (Fsp3) is 0.478. The van der Waals surface area contributed by atoms with Crippen LogP contribution in [-0.2, 0) is 35.2 Å². The molecule has 0 aliphatic heterocycles. The van der Waals surface area contributed by atoms with Crippen molar-refractivity contribution in [1.82, 2.24) is 16.0 Å². The second-order valence-electron chi connectivity index (χ2n) is 8.37. The van der Waals surface area contributed by atoms with E-state index < -0.39 is 72.6 Å².